The molecule has 0 heterocycles. The minimum Gasteiger partial charge on any atom is -0.507 e. The lowest BCUT2D eigenvalue weighted by Gasteiger charge is -2.11. The summed E-state index contributed by atoms with van der Waals surface area (Å²) in [5.41, 5.74) is -1.77. The average molecular weight is 244 g/mol. The van der Waals surface area contributed by atoms with Gasteiger partial charge in [-0.2, -0.15) is 26.3 Å². The van der Waals surface area contributed by atoms with Crippen LogP contribution in [0, 0.1) is 0 Å². The van der Waals surface area contributed by atoms with Gasteiger partial charge in [0.2, 0.25) is 0 Å². The standard InChI is InChI=1S/C9H6F6O/c10-8(11,12)4-5-1-2-6(7(16)3-5)9(13,14)15/h1-3,16H,4H2. The minimum absolute atomic E-state index is 0.419. The van der Waals surface area contributed by atoms with Crippen molar-refractivity contribution in [3.8, 4) is 5.75 Å². The Morgan fingerprint density at radius 1 is 1.00 bits per heavy atom. The molecular formula is C9H6F6O. The smallest absolute Gasteiger partial charge is 0.419 e. The van der Waals surface area contributed by atoms with E-state index in [-0.39, 0.29) is 0 Å². The Hall–Kier alpha value is -1.40. The summed E-state index contributed by atoms with van der Waals surface area (Å²) >= 11 is 0. The number of hydrogen-bond acceptors (Lipinski definition) is 1. The minimum atomic E-state index is -4.78. The van der Waals surface area contributed by atoms with Crippen LogP contribution in [0.4, 0.5) is 26.3 Å². The lowest BCUT2D eigenvalue weighted by Crippen LogP contribution is -2.12. The van der Waals surface area contributed by atoms with Gasteiger partial charge in [0.15, 0.2) is 0 Å². The van der Waals surface area contributed by atoms with Crippen LogP contribution in [-0.2, 0) is 12.6 Å². The van der Waals surface area contributed by atoms with E-state index in [0.717, 1.165) is 0 Å². The molecule has 0 bridgehead atoms. The quantitative estimate of drug-likeness (QED) is 0.749. The zero-order valence-corrected chi connectivity index (χ0v) is 7.65. The maximum Gasteiger partial charge on any atom is 0.419 e. The molecule has 1 nitrogen and oxygen atoms in total. The summed E-state index contributed by atoms with van der Waals surface area (Å²) in [4.78, 5) is 0. The molecule has 0 unspecified atom stereocenters. The van der Waals surface area contributed by atoms with E-state index in [9.17, 15) is 26.3 Å². The van der Waals surface area contributed by atoms with E-state index in [1.165, 1.54) is 0 Å². The van der Waals surface area contributed by atoms with Gasteiger partial charge < -0.3 is 5.11 Å². The predicted octanol–water partition coefficient (Wildman–Crippen LogP) is 3.52. The second kappa shape index (κ2) is 3.88. The van der Waals surface area contributed by atoms with Gasteiger partial charge in [0.05, 0.1) is 12.0 Å². The van der Waals surface area contributed by atoms with Crippen molar-refractivity contribution in [2.75, 3.05) is 0 Å². The Balaban J connectivity index is 3.01. The Bertz CT molecular complexity index is 379. The predicted molar refractivity (Wildman–Crippen MR) is 42.9 cm³/mol. The van der Waals surface area contributed by atoms with Crippen molar-refractivity contribution in [2.24, 2.45) is 0 Å². The van der Waals surface area contributed by atoms with Crippen molar-refractivity contribution in [1.82, 2.24) is 0 Å². The summed E-state index contributed by atoms with van der Waals surface area (Å²) in [6, 6.07) is 1.59. The summed E-state index contributed by atoms with van der Waals surface area (Å²) in [5, 5.41) is 8.94. The highest BCUT2D eigenvalue weighted by molar-refractivity contribution is 5.38. The van der Waals surface area contributed by atoms with Crippen molar-refractivity contribution >= 4 is 0 Å². The summed E-state index contributed by atoms with van der Waals surface area (Å²) in [7, 11) is 0. The van der Waals surface area contributed by atoms with Crippen molar-refractivity contribution in [1.29, 1.82) is 0 Å². The van der Waals surface area contributed by atoms with E-state index in [1.807, 2.05) is 0 Å². The molecule has 0 spiro atoms. The van der Waals surface area contributed by atoms with E-state index < -0.39 is 35.6 Å². The molecule has 0 amide bonds. The third kappa shape index (κ3) is 3.32. The van der Waals surface area contributed by atoms with Crippen LogP contribution in [-0.4, -0.2) is 11.3 Å². The molecule has 7 heteroatoms. The van der Waals surface area contributed by atoms with Gasteiger partial charge in [-0.15, -0.1) is 0 Å². The fourth-order valence-corrected chi connectivity index (χ4v) is 1.16. The van der Waals surface area contributed by atoms with Gasteiger partial charge in [0, 0.05) is 0 Å². The Kier molecular flexibility index (Phi) is 3.07. The molecule has 0 aliphatic carbocycles. The molecule has 0 saturated heterocycles. The monoisotopic (exact) mass is 244 g/mol. The van der Waals surface area contributed by atoms with E-state index in [0.29, 0.717) is 18.2 Å². The van der Waals surface area contributed by atoms with Gasteiger partial charge in [0.25, 0.3) is 0 Å². The number of benzene rings is 1. The van der Waals surface area contributed by atoms with Gasteiger partial charge in [-0.3, -0.25) is 0 Å². The average Bonchev–Trinajstić information content (AvgIpc) is 1.97. The lowest BCUT2D eigenvalue weighted by atomic mass is 10.1. The van der Waals surface area contributed by atoms with E-state index in [4.69, 9.17) is 5.11 Å². The van der Waals surface area contributed by atoms with Gasteiger partial charge in [-0.05, 0) is 17.7 Å². The molecule has 0 radical (unpaired) electrons. The number of hydrogen-bond donors (Lipinski definition) is 1. The van der Waals surface area contributed by atoms with Crippen molar-refractivity contribution in [2.45, 2.75) is 18.8 Å². The molecule has 1 aromatic carbocycles. The van der Waals surface area contributed by atoms with Crippen LogP contribution in [0.2, 0.25) is 0 Å². The zero-order valence-electron chi connectivity index (χ0n) is 7.65. The number of aromatic hydroxyl groups is 1. The summed E-state index contributed by atoms with van der Waals surface area (Å²) in [5.74, 6) is -1.20. The Morgan fingerprint density at radius 2 is 1.56 bits per heavy atom. The number of phenols is 1. The summed E-state index contributed by atoms with van der Waals surface area (Å²) < 4.78 is 72.1. The van der Waals surface area contributed by atoms with Gasteiger partial charge in [-0.25, -0.2) is 0 Å². The molecule has 1 aromatic rings. The fraction of sp³-hybridized carbons (Fsp3) is 0.333. The second-order valence-corrected chi connectivity index (χ2v) is 3.14. The van der Waals surface area contributed by atoms with Gasteiger partial charge in [0.1, 0.15) is 5.75 Å². The normalized spacial score (nSPS) is 12.9. The third-order valence-electron chi connectivity index (χ3n) is 1.77. The van der Waals surface area contributed by atoms with Crippen LogP contribution >= 0.6 is 0 Å². The second-order valence-electron chi connectivity index (χ2n) is 3.14. The first-order valence-electron chi connectivity index (χ1n) is 4.05. The van der Waals surface area contributed by atoms with E-state index >= 15 is 0 Å². The highest BCUT2D eigenvalue weighted by Crippen LogP contribution is 2.36. The first-order valence-corrected chi connectivity index (χ1v) is 4.05. The maximum absolute atomic E-state index is 12.1. The van der Waals surface area contributed by atoms with Crippen molar-refractivity contribution in [3.05, 3.63) is 29.3 Å². The largest absolute Gasteiger partial charge is 0.507 e. The van der Waals surface area contributed by atoms with Crippen LogP contribution in [0.3, 0.4) is 0 Å². The molecule has 1 rings (SSSR count). The van der Waals surface area contributed by atoms with Crippen LogP contribution in [0.15, 0.2) is 18.2 Å². The highest BCUT2D eigenvalue weighted by Gasteiger charge is 2.34. The lowest BCUT2D eigenvalue weighted by molar-refractivity contribution is -0.138. The number of rotatable bonds is 1. The molecule has 0 aliphatic rings. The molecule has 0 fully saturated rings. The Labute approximate surface area is 86.3 Å². The fourth-order valence-electron chi connectivity index (χ4n) is 1.16. The zero-order chi connectivity index (χ0) is 12.6. The topological polar surface area (TPSA) is 20.2 Å². The number of phenolic OH excluding ortho intramolecular Hbond substituents is 1. The first kappa shape index (κ1) is 12.7. The number of halogens is 6. The van der Waals surface area contributed by atoms with Crippen molar-refractivity contribution in [3.63, 3.8) is 0 Å². The molecule has 0 aliphatic heterocycles. The molecule has 0 aromatic heterocycles. The van der Waals surface area contributed by atoms with Crippen LogP contribution in [0.1, 0.15) is 11.1 Å². The van der Waals surface area contributed by atoms with Crippen LogP contribution in [0.5, 0.6) is 5.75 Å². The first-order chi connectivity index (χ1) is 7.09. The van der Waals surface area contributed by atoms with E-state index in [2.05, 4.69) is 0 Å². The van der Waals surface area contributed by atoms with Gasteiger partial charge in [-0.1, -0.05) is 6.07 Å². The van der Waals surface area contributed by atoms with E-state index in [1.54, 1.807) is 0 Å². The molecule has 0 saturated carbocycles. The van der Waals surface area contributed by atoms with Crippen LogP contribution in [0.25, 0.3) is 0 Å². The third-order valence-corrected chi connectivity index (χ3v) is 1.77. The van der Waals surface area contributed by atoms with Gasteiger partial charge >= 0.3 is 12.4 Å². The Morgan fingerprint density at radius 3 is 1.94 bits per heavy atom. The summed E-state index contributed by atoms with van der Waals surface area (Å²) in [6.45, 7) is 0. The molecule has 16 heavy (non-hydrogen) atoms. The summed E-state index contributed by atoms with van der Waals surface area (Å²) in [6.07, 6.45) is -10.7. The molecule has 0 atom stereocenters. The molecule has 1 N–H and O–H groups in total. The maximum atomic E-state index is 12.1. The number of alkyl halides is 6. The highest BCUT2D eigenvalue weighted by atomic mass is 19.4. The van der Waals surface area contributed by atoms with Crippen molar-refractivity contribution < 1.29 is 31.4 Å². The van der Waals surface area contributed by atoms with Crippen LogP contribution < -0.4 is 0 Å². The molecule has 90 valence electrons. The SMILES string of the molecule is Oc1cc(CC(F)(F)F)ccc1C(F)(F)F. The molecular weight excluding hydrogens is 238 g/mol.